The number of benzene rings is 1. The van der Waals surface area contributed by atoms with Crippen LogP contribution in [0.5, 0.6) is 0 Å². The number of rotatable bonds is 4. The third kappa shape index (κ3) is 4.23. The van der Waals surface area contributed by atoms with Gasteiger partial charge in [0.15, 0.2) is 4.80 Å². The minimum Gasteiger partial charge on any atom is -0.326 e. The molecule has 1 heterocycles. The Hall–Kier alpha value is -2.54. The molecule has 0 unspecified atom stereocenters. The van der Waals surface area contributed by atoms with E-state index in [4.69, 9.17) is 0 Å². The van der Waals surface area contributed by atoms with Crippen molar-refractivity contribution >= 4 is 34.6 Å². The molecule has 0 aliphatic heterocycles. The van der Waals surface area contributed by atoms with Crippen LogP contribution >= 0.6 is 11.3 Å². The standard InChI is InChI=1S/C15H15N3O3S/c1-10(19)8-14(21)17-12-4-3-5-13(9-12)18-6-7-22-15(18)16-11(2)20/h3-7,9H,8H2,1-2H3,(H,17,21). The van der Waals surface area contributed by atoms with E-state index in [1.165, 1.54) is 25.2 Å². The number of hydrogen-bond donors (Lipinski definition) is 1. The van der Waals surface area contributed by atoms with Gasteiger partial charge in [-0.15, -0.1) is 11.3 Å². The Morgan fingerprint density at radius 2 is 2.05 bits per heavy atom. The molecule has 0 saturated carbocycles. The lowest BCUT2D eigenvalue weighted by Crippen LogP contribution is -2.16. The largest absolute Gasteiger partial charge is 0.326 e. The molecule has 1 aromatic carbocycles. The van der Waals surface area contributed by atoms with Crippen molar-refractivity contribution in [2.24, 2.45) is 4.99 Å². The molecular formula is C15H15N3O3S. The van der Waals surface area contributed by atoms with Gasteiger partial charge in [-0.2, -0.15) is 4.99 Å². The number of anilines is 1. The highest BCUT2D eigenvalue weighted by atomic mass is 32.1. The summed E-state index contributed by atoms with van der Waals surface area (Å²) in [7, 11) is 0. The molecular weight excluding hydrogens is 302 g/mol. The van der Waals surface area contributed by atoms with Crippen molar-refractivity contribution in [3.63, 3.8) is 0 Å². The van der Waals surface area contributed by atoms with E-state index in [-0.39, 0.29) is 24.0 Å². The highest BCUT2D eigenvalue weighted by Gasteiger charge is 2.07. The lowest BCUT2D eigenvalue weighted by Gasteiger charge is -2.07. The Kier molecular flexibility index (Phi) is 5.00. The molecule has 1 N–H and O–H groups in total. The first-order valence-corrected chi connectivity index (χ1v) is 7.45. The lowest BCUT2D eigenvalue weighted by atomic mass is 10.2. The number of thiazole rings is 1. The fourth-order valence-corrected chi connectivity index (χ4v) is 2.61. The molecule has 0 aliphatic carbocycles. The van der Waals surface area contributed by atoms with Gasteiger partial charge in [0, 0.05) is 29.9 Å². The summed E-state index contributed by atoms with van der Waals surface area (Å²) in [5.41, 5.74) is 1.35. The van der Waals surface area contributed by atoms with Crippen LogP contribution in [-0.4, -0.2) is 22.2 Å². The van der Waals surface area contributed by atoms with Crippen molar-refractivity contribution in [2.45, 2.75) is 20.3 Å². The Morgan fingerprint density at radius 1 is 1.27 bits per heavy atom. The molecule has 0 spiro atoms. The predicted octanol–water partition coefficient (Wildman–Crippen LogP) is 1.90. The molecule has 2 aromatic rings. The first kappa shape index (κ1) is 15.8. The Labute approximate surface area is 131 Å². The smallest absolute Gasteiger partial charge is 0.245 e. The molecule has 0 atom stereocenters. The third-order valence-corrected chi connectivity index (χ3v) is 3.42. The van der Waals surface area contributed by atoms with Gasteiger partial charge in [-0.05, 0) is 25.1 Å². The molecule has 0 saturated heterocycles. The van der Waals surface area contributed by atoms with Crippen LogP contribution in [0.4, 0.5) is 5.69 Å². The van der Waals surface area contributed by atoms with E-state index in [0.717, 1.165) is 5.69 Å². The summed E-state index contributed by atoms with van der Waals surface area (Å²) in [5.74, 6) is -0.820. The molecule has 0 fully saturated rings. The fraction of sp³-hybridized carbons (Fsp3) is 0.200. The van der Waals surface area contributed by atoms with Gasteiger partial charge in [0.2, 0.25) is 11.8 Å². The van der Waals surface area contributed by atoms with Crippen LogP contribution in [0.1, 0.15) is 20.3 Å². The van der Waals surface area contributed by atoms with Crippen LogP contribution in [-0.2, 0) is 14.4 Å². The molecule has 22 heavy (non-hydrogen) atoms. The maximum absolute atomic E-state index is 11.6. The predicted molar refractivity (Wildman–Crippen MR) is 83.8 cm³/mol. The number of aromatic nitrogens is 1. The number of Topliss-reactive ketones (excluding diaryl/α,β-unsaturated/α-hetero) is 1. The summed E-state index contributed by atoms with van der Waals surface area (Å²) in [4.78, 5) is 38.2. The summed E-state index contributed by atoms with van der Waals surface area (Å²) in [6, 6.07) is 7.10. The van der Waals surface area contributed by atoms with Crippen LogP contribution in [0, 0.1) is 0 Å². The number of nitrogens with one attached hydrogen (secondary N) is 1. The quantitative estimate of drug-likeness (QED) is 0.875. The summed E-state index contributed by atoms with van der Waals surface area (Å²) >= 11 is 1.34. The van der Waals surface area contributed by atoms with Crippen molar-refractivity contribution in [1.82, 2.24) is 4.57 Å². The van der Waals surface area contributed by atoms with Gasteiger partial charge in [0.05, 0.1) is 6.42 Å². The minimum atomic E-state index is -0.353. The first-order chi connectivity index (χ1) is 10.5. The number of amides is 2. The zero-order valence-corrected chi connectivity index (χ0v) is 13.0. The zero-order chi connectivity index (χ0) is 16.1. The van der Waals surface area contributed by atoms with Crippen LogP contribution < -0.4 is 10.1 Å². The highest BCUT2D eigenvalue weighted by molar-refractivity contribution is 7.07. The highest BCUT2D eigenvalue weighted by Crippen LogP contribution is 2.14. The average molecular weight is 317 g/mol. The first-order valence-electron chi connectivity index (χ1n) is 6.57. The summed E-state index contributed by atoms with van der Waals surface area (Å²) in [6.45, 7) is 2.76. The average Bonchev–Trinajstić information content (AvgIpc) is 2.85. The molecule has 6 nitrogen and oxygen atoms in total. The lowest BCUT2D eigenvalue weighted by molar-refractivity contribution is -0.124. The number of carbonyl (C=O) groups is 3. The van der Waals surface area contributed by atoms with Crippen molar-refractivity contribution in [2.75, 3.05) is 5.32 Å². The van der Waals surface area contributed by atoms with Gasteiger partial charge in [-0.25, -0.2) is 0 Å². The molecule has 2 amide bonds. The van der Waals surface area contributed by atoms with Gasteiger partial charge in [-0.1, -0.05) is 6.07 Å². The number of carbonyl (C=O) groups excluding carboxylic acids is 3. The molecule has 114 valence electrons. The van der Waals surface area contributed by atoms with Crippen LogP contribution in [0.2, 0.25) is 0 Å². The van der Waals surface area contributed by atoms with Gasteiger partial charge in [0.25, 0.3) is 0 Å². The second-order valence-corrected chi connectivity index (χ2v) is 5.54. The summed E-state index contributed by atoms with van der Waals surface area (Å²) in [5, 5.41) is 4.49. The number of hydrogen-bond acceptors (Lipinski definition) is 4. The molecule has 7 heteroatoms. The van der Waals surface area contributed by atoms with Crippen molar-refractivity contribution in [3.05, 3.63) is 40.6 Å². The van der Waals surface area contributed by atoms with Crippen LogP contribution in [0.3, 0.4) is 0 Å². The summed E-state index contributed by atoms with van der Waals surface area (Å²) in [6.07, 6.45) is 1.64. The van der Waals surface area contributed by atoms with Gasteiger partial charge < -0.3 is 5.32 Å². The van der Waals surface area contributed by atoms with E-state index in [2.05, 4.69) is 10.3 Å². The van der Waals surface area contributed by atoms with Gasteiger partial charge >= 0.3 is 0 Å². The Bertz CT molecular complexity index is 789. The maximum Gasteiger partial charge on any atom is 0.245 e. The van der Waals surface area contributed by atoms with E-state index >= 15 is 0 Å². The monoisotopic (exact) mass is 317 g/mol. The maximum atomic E-state index is 11.6. The Morgan fingerprint density at radius 3 is 2.73 bits per heavy atom. The zero-order valence-electron chi connectivity index (χ0n) is 12.2. The van der Waals surface area contributed by atoms with E-state index in [1.54, 1.807) is 29.0 Å². The molecule has 1 aromatic heterocycles. The second kappa shape index (κ2) is 6.95. The van der Waals surface area contributed by atoms with E-state index in [1.807, 2.05) is 11.4 Å². The minimum absolute atomic E-state index is 0.152. The summed E-state index contributed by atoms with van der Waals surface area (Å²) < 4.78 is 1.76. The number of ketones is 1. The second-order valence-electron chi connectivity index (χ2n) is 4.66. The third-order valence-electron chi connectivity index (χ3n) is 2.66. The van der Waals surface area contributed by atoms with Crippen molar-refractivity contribution < 1.29 is 14.4 Å². The van der Waals surface area contributed by atoms with Gasteiger partial charge in [-0.3, -0.25) is 19.0 Å². The number of nitrogens with zero attached hydrogens (tertiary/aromatic N) is 2. The van der Waals surface area contributed by atoms with Crippen LogP contribution in [0.15, 0.2) is 40.8 Å². The van der Waals surface area contributed by atoms with E-state index < -0.39 is 0 Å². The van der Waals surface area contributed by atoms with E-state index in [9.17, 15) is 14.4 Å². The topological polar surface area (TPSA) is 80.5 Å². The molecule has 0 bridgehead atoms. The molecule has 0 radical (unpaired) electrons. The SMILES string of the molecule is CC(=O)CC(=O)Nc1cccc(-n2ccsc2=NC(C)=O)c1. The van der Waals surface area contributed by atoms with Crippen LogP contribution in [0.25, 0.3) is 5.69 Å². The van der Waals surface area contributed by atoms with Gasteiger partial charge in [0.1, 0.15) is 5.78 Å². The van der Waals surface area contributed by atoms with Crippen molar-refractivity contribution in [1.29, 1.82) is 0 Å². The van der Waals surface area contributed by atoms with Crippen molar-refractivity contribution in [3.8, 4) is 5.69 Å². The molecule has 2 rings (SSSR count). The van der Waals surface area contributed by atoms with E-state index in [0.29, 0.717) is 10.5 Å². The Balaban J connectivity index is 2.30. The normalized spacial score (nSPS) is 11.3. The molecule has 0 aliphatic rings. The fourth-order valence-electron chi connectivity index (χ4n) is 1.85.